The van der Waals surface area contributed by atoms with E-state index in [0.717, 1.165) is 16.7 Å². The Kier molecular flexibility index (Phi) is 6.91. The Hall–Kier alpha value is -3.98. The summed E-state index contributed by atoms with van der Waals surface area (Å²) in [6, 6.07) is 21.9. The second kappa shape index (κ2) is 9.99. The molecule has 6 heteroatoms. The Morgan fingerprint density at radius 1 is 0.967 bits per heavy atom. The summed E-state index contributed by atoms with van der Waals surface area (Å²) in [5, 5.41) is 14.1. The predicted octanol–water partition coefficient (Wildman–Crippen LogP) is 3.49. The van der Waals surface area contributed by atoms with Crippen LogP contribution in [0.25, 0.3) is 0 Å². The fourth-order valence-electron chi connectivity index (χ4n) is 2.98. The van der Waals surface area contributed by atoms with Gasteiger partial charge in [0.25, 0.3) is 0 Å². The van der Waals surface area contributed by atoms with E-state index in [2.05, 4.69) is 21.7 Å². The Morgan fingerprint density at radius 3 is 2.30 bits per heavy atom. The van der Waals surface area contributed by atoms with Crippen LogP contribution in [0.5, 0.6) is 0 Å². The van der Waals surface area contributed by atoms with E-state index in [9.17, 15) is 9.59 Å². The summed E-state index contributed by atoms with van der Waals surface area (Å²) in [5.74, 6) is -1.49. The van der Waals surface area contributed by atoms with Gasteiger partial charge in [0.2, 0.25) is 0 Å². The van der Waals surface area contributed by atoms with Gasteiger partial charge in [0.1, 0.15) is 0 Å². The summed E-state index contributed by atoms with van der Waals surface area (Å²) in [6.07, 6.45) is 2.46. The highest BCUT2D eigenvalue weighted by Crippen LogP contribution is 2.17. The Labute approximate surface area is 175 Å². The van der Waals surface area contributed by atoms with Gasteiger partial charge in [-0.25, -0.2) is 0 Å². The molecule has 3 rings (SSSR count). The molecular formula is C24H22N4O2. The number of pyridine rings is 1. The Bertz CT molecular complexity index is 1040. The summed E-state index contributed by atoms with van der Waals surface area (Å²) >= 11 is 0. The van der Waals surface area contributed by atoms with Crippen molar-refractivity contribution in [2.75, 3.05) is 5.32 Å². The molecular weight excluding hydrogens is 376 g/mol. The number of nitrogens with one attached hydrogen (secondary N) is 2. The predicted molar refractivity (Wildman–Crippen MR) is 114 cm³/mol. The van der Waals surface area contributed by atoms with Crippen molar-refractivity contribution >= 4 is 17.5 Å². The molecule has 150 valence electrons. The molecule has 2 aromatic carbocycles. The summed E-state index contributed by atoms with van der Waals surface area (Å²) in [6.45, 7) is 2.01. The van der Waals surface area contributed by atoms with Gasteiger partial charge in [-0.15, -0.1) is 0 Å². The number of nitriles is 1. The van der Waals surface area contributed by atoms with Gasteiger partial charge in [0.15, 0.2) is 0 Å². The fourth-order valence-corrected chi connectivity index (χ4v) is 2.98. The lowest BCUT2D eigenvalue weighted by Gasteiger charge is -2.18. The average molecular weight is 398 g/mol. The van der Waals surface area contributed by atoms with Crippen LogP contribution >= 0.6 is 0 Å². The lowest BCUT2D eigenvalue weighted by molar-refractivity contribution is -0.136. The number of amides is 2. The summed E-state index contributed by atoms with van der Waals surface area (Å²) < 4.78 is 0. The second-order valence-corrected chi connectivity index (χ2v) is 6.96. The quantitative estimate of drug-likeness (QED) is 0.622. The van der Waals surface area contributed by atoms with Crippen LogP contribution < -0.4 is 10.6 Å². The standard InChI is InChI=1S/C24H22N4O2/c1-17-5-7-19(8-6-17)16-22(21-4-2-3-15-26-21)28-24(30)23(29)27-20-11-9-18(10-12-20)13-14-25/h2-12,15,22H,13,16H2,1H3,(H,27,29)(H,28,30)/t22-/m1/s1. The molecule has 2 amide bonds. The zero-order valence-corrected chi connectivity index (χ0v) is 16.6. The number of nitrogens with zero attached hydrogens (tertiary/aromatic N) is 2. The van der Waals surface area contributed by atoms with Crippen molar-refractivity contribution in [3.05, 3.63) is 95.3 Å². The van der Waals surface area contributed by atoms with Gasteiger partial charge >= 0.3 is 11.8 Å². The third kappa shape index (κ3) is 5.76. The van der Waals surface area contributed by atoms with Crippen LogP contribution in [0.1, 0.15) is 28.4 Å². The van der Waals surface area contributed by atoms with Crippen molar-refractivity contribution in [3.8, 4) is 6.07 Å². The number of aromatic nitrogens is 1. The molecule has 0 fully saturated rings. The molecule has 0 aliphatic heterocycles. The highest BCUT2D eigenvalue weighted by Gasteiger charge is 2.21. The van der Waals surface area contributed by atoms with Gasteiger partial charge in [-0.2, -0.15) is 5.26 Å². The van der Waals surface area contributed by atoms with Gasteiger partial charge in [0.05, 0.1) is 24.2 Å². The molecule has 1 aromatic heterocycles. The maximum Gasteiger partial charge on any atom is 0.313 e. The van der Waals surface area contributed by atoms with Gasteiger partial charge in [-0.1, -0.05) is 48.0 Å². The van der Waals surface area contributed by atoms with Gasteiger partial charge in [-0.05, 0) is 48.7 Å². The van der Waals surface area contributed by atoms with Crippen molar-refractivity contribution in [2.45, 2.75) is 25.8 Å². The van der Waals surface area contributed by atoms with Crippen molar-refractivity contribution in [1.82, 2.24) is 10.3 Å². The number of carbonyl (C=O) groups is 2. The first-order valence-electron chi connectivity index (χ1n) is 9.59. The lowest BCUT2D eigenvalue weighted by Crippen LogP contribution is -2.38. The van der Waals surface area contributed by atoms with Crippen LogP contribution in [0.4, 0.5) is 5.69 Å². The zero-order chi connectivity index (χ0) is 21.3. The van der Waals surface area contributed by atoms with E-state index in [1.165, 1.54) is 0 Å². The molecule has 0 bridgehead atoms. The SMILES string of the molecule is Cc1ccc(C[C@@H](NC(=O)C(=O)Nc2ccc(CC#N)cc2)c2ccccn2)cc1. The van der Waals surface area contributed by atoms with E-state index >= 15 is 0 Å². The van der Waals surface area contributed by atoms with Crippen molar-refractivity contribution < 1.29 is 9.59 Å². The van der Waals surface area contributed by atoms with Crippen LogP contribution in [0.3, 0.4) is 0 Å². The number of rotatable bonds is 6. The van der Waals surface area contributed by atoms with Crippen LogP contribution in [0, 0.1) is 18.3 Å². The first kappa shape index (κ1) is 20.7. The van der Waals surface area contributed by atoms with Crippen molar-refractivity contribution in [2.24, 2.45) is 0 Å². The van der Waals surface area contributed by atoms with E-state index in [4.69, 9.17) is 5.26 Å². The summed E-state index contributed by atoms with van der Waals surface area (Å²) in [5.41, 5.74) is 4.19. The highest BCUT2D eigenvalue weighted by atomic mass is 16.2. The molecule has 0 aliphatic carbocycles. The minimum absolute atomic E-state index is 0.291. The number of hydrogen-bond acceptors (Lipinski definition) is 4. The highest BCUT2D eigenvalue weighted by molar-refractivity contribution is 6.39. The summed E-state index contributed by atoms with van der Waals surface area (Å²) in [4.78, 5) is 29.3. The molecule has 6 nitrogen and oxygen atoms in total. The van der Waals surface area contributed by atoms with Gasteiger partial charge in [0, 0.05) is 11.9 Å². The summed E-state index contributed by atoms with van der Waals surface area (Å²) in [7, 11) is 0. The van der Waals surface area contributed by atoms with E-state index in [1.807, 2.05) is 43.3 Å². The first-order valence-corrected chi connectivity index (χ1v) is 9.59. The fraction of sp³-hybridized carbons (Fsp3) is 0.167. The van der Waals surface area contributed by atoms with Crippen LogP contribution in [0.15, 0.2) is 72.9 Å². The van der Waals surface area contributed by atoms with Crippen molar-refractivity contribution in [1.29, 1.82) is 5.26 Å². The van der Waals surface area contributed by atoms with Crippen LogP contribution in [0.2, 0.25) is 0 Å². The molecule has 0 unspecified atom stereocenters. The van der Waals surface area contributed by atoms with Crippen LogP contribution in [-0.2, 0) is 22.4 Å². The molecule has 0 saturated carbocycles. The molecule has 30 heavy (non-hydrogen) atoms. The number of hydrogen-bond donors (Lipinski definition) is 2. The van der Waals surface area contributed by atoms with E-state index < -0.39 is 17.9 Å². The first-order chi connectivity index (χ1) is 14.5. The van der Waals surface area contributed by atoms with E-state index in [1.54, 1.807) is 36.5 Å². The molecule has 2 N–H and O–H groups in total. The lowest BCUT2D eigenvalue weighted by atomic mass is 10.0. The number of carbonyl (C=O) groups excluding carboxylic acids is 2. The van der Waals surface area contributed by atoms with Crippen molar-refractivity contribution in [3.63, 3.8) is 0 Å². The number of aryl methyl sites for hydroxylation is 1. The van der Waals surface area contributed by atoms with Gasteiger partial charge in [-0.3, -0.25) is 14.6 Å². The van der Waals surface area contributed by atoms with E-state index in [0.29, 0.717) is 24.2 Å². The average Bonchev–Trinajstić information content (AvgIpc) is 2.77. The molecule has 0 saturated heterocycles. The Balaban J connectivity index is 1.69. The smallest absolute Gasteiger partial charge is 0.313 e. The maximum absolute atomic E-state index is 12.6. The Morgan fingerprint density at radius 2 is 1.67 bits per heavy atom. The largest absolute Gasteiger partial charge is 0.339 e. The topological polar surface area (TPSA) is 94.9 Å². The monoisotopic (exact) mass is 398 g/mol. The zero-order valence-electron chi connectivity index (χ0n) is 16.6. The molecule has 1 heterocycles. The minimum Gasteiger partial charge on any atom is -0.339 e. The third-order valence-electron chi connectivity index (χ3n) is 4.61. The second-order valence-electron chi connectivity index (χ2n) is 6.96. The molecule has 0 aliphatic rings. The molecule has 0 spiro atoms. The number of benzene rings is 2. The molecule has 0 radical (unpaired) electrons. The van der Waals surface area contributed by atoms with Gasteiger partial charge < -0.3 is 10.6 Å². The van der Waals surface area contributed by atoms with Crippen LogP contribution in [-0.4, -0.2) is 16.8 Å². The maximum atomic E-state index is 12.6. The number of anilines is 1. The third-order valence-corrected chi connectivity index (χ3v) is 4.61. The molecule has 1 atom stereocenters. The molecule has 3 aromatic rings. The normalized spacial score (nSPS) is 11.2. The van der Waals surface area contributed by atoms with E-state index in [-0.39, 0.29) is 0 Å². The minimum atomic E-state index is -0.757.